The van der Waals surface area contributed by atoms with Crippen molar-refractivity contribution in [2.75, 3.05) is 6.54 Å². The summed E-state index contributed by atoms with van der Waals surface area (Å²) in [6.45, 7) is 0.204. The molecule has 1 amide bonds. The fourth-order valence-electron chi connectivity index (χ4n) is 2.39. The van der Waals surface area contributed by atoms with Crippen molar-refractivity contribution in [3.05, 3.63) is 46.5 Å². The third-order valence-electron chi connectivity index (χ3n) is 3.67. The molecule has 0 aromatic carbocycles. The lowest BCUT2D eigenvalue weighted by Gasteiger charge is -2.26. The van der Waals surface area contributed by atoms with Crippen molar-refractivity contribution in [2.24, 2.45) is 5.92 Å². The van der Waals surface area contributed by atoms with Gasteiger partial charge in [0.05, 0.1) is 19.2 Å². The smallest absolute Gasteiger partial charge is 0.225 e. The zero-order valence-electron chi connectivity index (χ0n) is 11.0. The van der Waals surface area contributed by atoms with Gasteiger partial charge in [-0.25, -0.2) is 0 Å². The second-order valence-corrected chi connectivity index (χ2v) is 6.24. The SMILES string of the molecule is O=C(Cc1cccs1)NC[C@](O)(c1ccco1)C1CC1. The first-order valence-electron chi connectivity index (χ1n) is 6.74. The Labute approximate surface area is 121 Å². The highest BCUT2D eigenvalue weighted by Crippen LogP contribution is 2.45. The summed E-state index contributed by atoms with van der Waals surface area (Å²) in [6.07, 6.45) is 3.85. The molecule has 106 valence electrons. The maximum atomic E-state index is 11.9. The first kappa shape index (κ1) is 13.4. The Bertz CT molecular complexity index is 560. The van der Waals surface area contributed by atoms with Crippen LogP contribution in [-0.2, 0) is 16.8 Å². The van der Waals surface area contributed by atoms with Gasteiger partial charge in [-0.05, 0) is 42.3 Å². The average Bonchev–Trinajstić information content (AvgIpc) is 2.93. The summed E-state index contributed by atoms with van der Waals surface area (Å²) in [5.74, 6) is 0.644. The number of thiophene rings is 1. The van der Waals surface area contributed by atoms with Crippen molar-refractivity contribution in [1.82, 2.24) is 5.32 Å². The van der Waals surface area contributed by atoms with Crippen molar-refractivity contribution in [3.8, 4) is 0 Å². The van der Waals surface area contributed by atoms with E-state index in [2.05, 4.69) is 5.32 Å². The molecule has 2 aromatic rings. The average molecular weight is 291 g/mol. The molecule has 20 heavy (non-hydrogen) atoms. The van der Waals surface area contributed by atoms with Crippen molar-refractivity contribution in [1.29, 1.82) is 0 Å². The topological polar surface area (TPSA) is 62.5 Å². The largest absolute Gasteiger partial charge is 0.466 e. The summed E-state index contributed by atoms with van der Waals surface area (Å²) in [6, 6.07) is 7.39. The van der Waals surface area contributed by atoms with Crippen LogP contribution >= 0.6 is 11.3 Å². The molecule has 0 aliphatic heterocycles. The van der Waals surface area contributed by atoms with Crippen LogP contribution in [0.2, 0.25) is 0 Å². The zero-order chi connectivity index (χ0) is 14.0. The summed E-state index contributed by atoms with van der Waals surface area (Å²) in [7, 11) is 0. The van der Waals surface area contributed by atoms with Crippen LogP contribution < -0.4 is 5.32 Å². The van der Waals surface area contributed by atoms with Crippen molar-refractivity contribution in [2.45, 2.75) is 24.9 Å². The number of hydrogen-bond donors (Lipinski definition) is 2. The molecular formula is C15H17NO3S. The second kappa shape index (κ2) is 5.42. The van der Waals surface area contributed by atoms with Gasteiger partial charge < -0.3 is 14.8 Å². The van der Waals surface area contributed by atoms with Crippen LogP contribution in [0.25, 0.3) is 0 Å². The Kier molecular flexibility index (Phi) is 3.63. The fourth-order valence-corrected chi connectivity index (χ4v) is 3.09. The molecule has 2 aromatic heterocycles. The van der Waals surface area contributed by atoms with Crippen LogP contribution in [-0.4, -0.2) is 17.6 Å². The van der Waals surface area contributed by atoms with Gasteiger partial charge in [0.15, 0.2) is 0 Å². The maximum Gasteiger partial charge on any atom is 0.225 e. The van der Waals surface area contributed by atoms with Crippen molar-refractivity contribution >= 4 is 17.2 Å². The van der Waals surface area contributed by atoms with Gasteiger partial charge in [-0.15, -0.1) is 11.3 Å². The Morgan fingerprint density at radius 1 is 1.45 bits per heavy atom. The molecule has 0 saturated heterocycles. The lowest BCUT2D eigenvalue weighted by Crippen LogP contribution is -2.42. The number of amides is 1. The number of rotatable bonds is 6. The number of nitrogens with one attached hydrogen (secondary N) is 1. The third-order valence-corrected chi connectivity index (χ3v) is 4.55. The van der Waals surface area contributed by atoms with E-state index < -0.39 is 5.60 Å². The molecule has 2 N–H and O–H groups in total. The van der Waals surface area contributed by atoms with E-state index in [1.54, 1.807) is 29.7 Å². The van der Waals surface area contributed by atoms with E-state index in [-0.39, 0.29) is 18.4 Å². The molecule has 1 aliphatic carbocycles. The Balaban J connectivity index is 1.62. The van der Waals surface area contributed by atoms with Gasteiger partial charge in [0, 0.05) is 4.88 Å². The van der Waals surface area contributed by atoms with E-state index in [1.165, 1.54) is 0 Å². The highest BCUT2D eigenvalue weighted by atomic mass is 32.1. The normalized spacial score (nSPS) is 17.6. The second-order valence-electron chi connectivity index (χ2n) is 5.21. The lowest BCUT2D eigenvalue weighted by atomic mass is 9.94. The Morgan fingerprint density at radius 2 is 2.30 bits per heavy atom. The van der Waals surface area contributed by atoms with Crippen LogP contribution in [0.3, 0.4) is 0 Å². The van der Waals surface area contributed by atoms with Gasteiger partial charge in [0.2, 0.25) is 5.91 Å². The van der Waals surface area contributed by atoms with E-state index in [0.29, 0.717) is 12.2 Å². The first-order chi connectivity index (χ1) is 9.68. The molecule has 5 heteroatoms. The molecule has 1 atom stereocenters. The standard InChI is InChI=1S/C15H17NO3S/c17-14(9-12-3-2-8-20-12)16-10-15(18,11-5-6-11)13-4-1-7-19-13/h1-4,7-8,11,18H,5-6,9-10H2,(H,16,17)/t15-/m1/s1. The minimum absolute atomic E-state index is 0.0712. The quantitative estimate of drug-likeness (QED) is 0.858. The van der Waals surface area contributed by atoms with Gasteiger partial charge in [-0.2, -0.15) is 0 Å². The minimum atomic E-state index is -1.07. The molecule has 2 heterocycles. The molecule has 0 bridgehead atoms. The lowest BCUT2D eigenvalue weighted by molar-refractivity contribution is -0.122. The number of carbonyl (C=O) groups is 1. The van der Waals surface area contributed by atoms with E-state index in [1.807, 2.05) is 17.5 Å². The molecule has 3 rings (SSSR count). The molecule has 1 aliphatic rings. The summed E-state index contributed by atoms with van der Waals surface area (Å²) in [5, 5.41) is 15.6. The summed E-state index contributed by atoms with van der Waals surface area (Å²) >= 11 is 1.56. The molecule has 4 nitrogen and oxygen atoms in total. The van der Waals surface area contributed by atoms with Gasteiger partial charge in [0.1, 0.15) is 11.4 Å². The predicted octanol–water partition coefficient (Wildman–Crippen LogP) is 2.30. The van der Waals surface area contributed by atoms with Gasteiger partial charge in [-0.1, -0.05) is 6.07 Å². The highest BCUT2D eigenvalue weighted by molar-refractivity contribution is 7.10. The zero-order valence-corrected chi connectivity index (χ0v) is 11.9. The van der Waals surface area contributed by atoms with Crippen LogP contribution in [0.4, 0.5) is 0 Å². The fraction of sp³-hybridized carbons (Fsp3) is 0.400. The van der Waals surface area contributed by atoms with Gasteiger partial charge >= 0.3 is 0 Å². The van der Waals surface area contributed by atoms with E-state index in [9.17, 15) is 9.90 Å². The molecule has 0 radical (unpaired) electrons. The Morgan fingerprint density at radius 3 is 2.90 bits per heavy atom. The van der Waals surface area contributed by atoms with E-state index in [4.69, 9.17) is 4.42 Å². The number of hydrogen-bond acceptors (Lipinski definition) is 4. The first-order valence-corrected chi connectivity index (χ1v) is 7.62. The number of furan rings is 1. The molecular weight excluding hydrogens is 274 g/mol. The van der Waals surface area contributed by atoms with Crippen molar-refractivity contribution in [3.63, 3.8) is 0 Å². The summed E-state index contributed by atoms with van der Waals surface area (Å²) in [4.78, 5) is 12.9. The monoisotopic (exact) mass is 291 g/mol. The van der Waals surface area contributed by atoms with Crippen LogP contribution in [0, 0.1) is 5.92 Å². The van der Waals surface area contributed by atoms with Crippen LogP contribution in [0.1, 0.15) is 23.5 Å². The third kappa shape index (κ3) is 2.78. The van der Waals surface area contributed by atoms with E-state index >= 15 is 0 Å². The maximum absolute atomic E-state index is 11.9. The molecule has 0 spiro atoms. The number of carbonyl (C=O) groups excluding carboxylic acids is 1. The van der Waals surface area contributed by atoms with Gasteiger partial charge in [0.25, 0.3) is 0 Å². The predicted molar refractivity (Wildman–Crippen MR) is 76.4 cm³/mol. The van der Waals surface area contributed by atoms with Crippen LogP contribution in [0.5, 0.6) is 0 Å². The van der Waals surface area contributed by atoms with E-state index in [0.717, 1.165) is 17.7 Å². The molecule has 0 unspecified atom stereocenters. The molecule has 1 saturated carbocycles. The highest BCUT2D eigenvalue weighted by Gasteiger charge is 2.47. The number of aliphatic hydroxyl groups is 1. The van der Waals surface area contributed by atoms with Crippen molar-refractivity contribution < 1.29 is 14.3 Å². The van der Waals surface area contributed by atoms with Gasteiger partial charge in [-0.3, -0.25) is 4.79 Å². The molecule has 1 fully saturated rings. The van der Waals surface area contributed by atoms with Crippen LogP contribution in [0.15, 0.2) is 40.3 Å². The minimum Gasteiger partial charge on any atom is -0.466 e. The summed E-state index contributed by atoms with van der Waals surface area (Å²) in [5.41, 5.74) is -1.07. The summed E-state index contributed by atoms with van der Waals surface area (Å²) < 4.78 is 5.34. The Hall–Kier alpha value is -1.59.